The molecule has 1 aliphatic rings. The summed E-state index contributed by atoms with van der Waals surface area (Å²) in [5.41, 5.74) is 12.1. The predicted molar refractivity (Wildman–Crippen MR) is 88.2 cm³/mol. The summed E-state index contributed by atoms with van der Waals surface area (Å²) in [6.45, 7) is 0.545. The highest BCUT2D eigenvalue weighted by atomic mass is 16.2. The Morgan fingerprint density at radius 1 is 1.13 bits per heavy atom. The molecule has 7 nitrogen and oxygen atoms in total. The summed E-state index contributed by atoms with van der Waals surface area (Å²) in [6.07, 6.45) is 0. The number of imidazole rings is 1. The average molecular weight is 308 g/mol. The van der Waals surface area contributed by atoms with Crippen molar-refractivity contribution in [3.05, 3.63) is 48.5 Å². The van der Waals surface area contributed by atoms with Gasteiger partial charge in [-0.25, -0.2) is 15.8 Å². The fraction of sp³-hybridized carbons (Fsp3) is 0.125. The summed E-state index contributed by atoms with van der Waals surface area (Å²) in [7, 11) is 0. The highest BCUT2D eigenvalue weighted by Crippen LogP contribution is 2.22. The van der Waals surface area contributed by atoms with Crippen molar-refractivity contribution in [3.8, 4) is 11.4 Å². The van der Waals surface area contributed by atoms with Crippen LogP contribution in [-0.2, 0) is 4.79 Å². The van der Waals surface area contributed by atoms with Crippen LogP contribution in [0.2, 0.25) is 0 Å². The molecule has 1 unspecified atom stereocenters. The second-order valence-electron chi connectivity index (χ2n) is 5.37. The number of carbonyl (C=O) groups excluding carboxylic acids is 1. The molecule has 1 fully saturated rings. The molecule has 7 heteroatoms. The summed E-state index contributed by atoms with van der Waals surface area (Å²) in [4.78, 5) is 19.9. The number of carbonyl (C=O) groups is 1. The Hall–Kier alpha value is -2.74. The number of para-hydroxylation sites is 2. The van der Waals surface area contributed by atoms with Crippen LogP contribution >= 0.6 is 0 Å². The van der Waals surface area contributed by atoms with Gasteiger partial charge in [0.05, 0.1) is 11.0 Å². The predicted octanol–water partition coefficient (Wildman–Crippen LogP) is 1.15. The smallest absolute Gasteiger partial charge is 0.244 e. The van der Waals surface area contributed by atoms with Gasteiger partial charge in [-0.05, 0) is 36.4 Å². The largest absolute Gasteiger partial charge is 0.338 e. The maximum atomic E-state index is 12.0. The number of H-pyrrole nitrogens is 1. The van der Waals surface area contributed by atoms with Gasteiger partial charge in [-0.3, -0.25) is 4.79 Å². The summed E-state index contributed by atoms with van der Waals surface area (Å²) in [6, 6.07) is 15.2. The van der Waals surface area contributed by atoms with Gasteiger partial charge in [0.15, 0.2) is 0 Å². The van der Waals surface area contributed by atoms with E-state index in [4.69, 9.17) is 0 Å². The third kappa shape index (κ3) is 2.80. The number of nitrogens with zero attached hydrogens (tertiary/aromatic N) is 1. The number of amides is 1. The van der Waals surface area contributed by atoms with E-state index >= 15 is 0 Å². The number of hydrogen-bond donors (Lipinski definition) is 5. The Morgan fingerprint density at radius 2 is 1.96 bits per heavy atom. The molecule has 1 atom stereocenters. The van der Waals surface area contributed by atoms with Gasteiger partial charge in [-0.15, -0.1) is 0 Å². The van der Waals surface area contributed by atoms with Gasteiger partial charge < -0.3 is 10.3 Å². The quantitative estimate of drug-likeness (QED) is 0.500. The molecule has 0 spiro atoms. The van der Waals surface area contributed by atoms with Crippen LogP contribution in [0, 0.1) is 0 Å². The summed E-state index contributed by atoms with van der Waals surface area (Å²) < 4.78 is 0. The molecule has 2 aromatic carbocycles. The van der Waals surface area contributed by atoms with E-state index < -0.39 is 0 Å². The van der Waals surface area contributed by atoms with E-state index in [2.05, 4.69) is 31.7 Å². The monoisotopic (exact) mass is 308 g/mol. The maximum absolute atomic E-state index is 12.0. The molecule has 116 valence electrons. The fourth-order valence-corrected chi connectivity index (χ4v) is 2.53. The molecule has 5 N–H and O–H groups in total. The molecular formula is C16H16N6O. The van der Waals surface area contributed by atoms with Crippen LogP contribution in [-0.4, -0.2) is 28.5 Å². The van der Waals surface area contributed by atoms with Gasteiger partial charge in [0.2, 0.25) is 5.91 Å². The number of benzene rings is 2. The topological polar surface area (TPSA) is 93.9 Å². The molecule has 2 heterocycles. The van der Waals surface area contributed by atoms with E-state index in [0.717, 1.165) is 28.1 Å². The van der Waals surface area contributed by atoms with Crippen LogP contribution < -0.4 is 21.7 Å². The van der Waals surface area contributed by atoms with Crippen molar-refractivity contribution in [2.75, 3.05) is 11.9 Å². The average Bonchev–Trinajstić information content (AvgIpc) is 3.25. The Balaban J connectivity index is 1.52. The van der Waals surface area contributed by atoms with Crippen LogP contribution in [0.3, 0.4) is 0 Å². The molecule has 1 aliphatic heterocycles. The Kier molecular flexibility index (Phi) is 3.51. The fourth-order valence-electron chi connectivity index (χ4n) is 2.53. The SMILES string of the molecule is O=C(Nc1ccc(-c2nc3ccccc3[nH]2)cc1)C1CNNN1. The Bertz CT molecular complexity index is 802. The molecule has 23 heavy (non-hydrogen) atoms. The first-order chi connectivity index (χ1) is 11.3. The number of anilines is 1. The van der Waals surface area contributed by atoms with Crippen molar-refractivity contribution in [2.45, 2.75) is 6.04 Å². The first-order valence-corrected chi connectivity index (χ1v) is 7.39. The van der Waals surface area contributed by atoms with Crippen LogP contribution in [0.4, 0.5) is 5.69 Å². The Labute approximate surface area is 132 Å². The van der Waals surface area contributed by atoms with Crippen molar-refractivity contribution in [2.24, 2.45) is 0 Å². The molecule has 4 rings (SSSR count). The lowest BCUT2D eigenvalue weighted by atomic mass is 10.2. The standard InChI is InChI=1S/C16H16N6O/c23-16(14-9-17-22-21-14)18-11-7-5-10(6-8-11)15-19-12-3-1-2-4-13(12)20-15/h1-8,14,17,21-22H,9H2,(H,18,23)(H,19,20). The van der Waals surface area contributed by atoms with Crippen LogP contribution in [0.1, 0.15) is 0 Å². The van der Waals surface area contributed by atoms with Crippen molar-refractivity contribution in [1.29, 1.82) is 0 Å². The van der Waals surface area contributed by atoms with Gasteiger partial charge in [0, 0.05) is 17.8 Å². The maximum Gasteiger partial charge on any atom is 0.244 e. The zero-order valence-corrected chi connectivity index (χ0v) is 12.3. The van der Waals surface area contributed by atoms with Crippen LogP contribution in [0.5, 0.6) is 0 Å². The van der Waals surface area contributed by atoms with E-state index in [1.54, 1.807) is 0 Å². The molecular weight excluding hydrogens is 292 g/mol. The third-order valence-electron chi connectivity index (χ3n) is 3.77. The van der Waals surface area contributed by atoms with Crippen LogP contribution in [0.25, 0.3) is 22.4 Å². The first-order valence-electron chi connectivity index (χ1n) is 7.39. The van der Waals surface area contributed by atoms with Gasteiger partial charge in [0.1, 0.15) is 11.9 Å². The number of hydrogen-bond acceptors (Lipinski definition) is 5. The zero-order chi connectivity index (χ0) is 15.6. The molecule has 1 aromatic heterocycles. The lowest BCUT2D eigenvalue weighted by Crippen LogP contribution is -2.40. The lowest BCUT2D eigenvalue weighted by Gasteiger charge is -2.10. The number of aromatic nitrogens is 2. The molecule has 1 saturated heterocycles. The van der Waals surface area contributed by atoms with Gasteiger partial charge >= 0.3 is 0 Å². The highest BCUT2D eigenvalue weighted by molar-refractivity contribution is 5.95. The number of aromatic amines is 1. The van der Waals surface area contributed by atoms with Gasteiger partial charge in [-0.1, -0.05) is 12.1 Å². The highest BCUT2D eigenvalue weighted by Gasteiger charge is 2.21. The third-order valence-corrected chi connectivity index (χ3v) is 3.77. The van der Waals surface area contributed by atoms with Crippen molar-refractivity contribution in [1.82, 2.24) is 26.4 Å². The van der Waals surface area contributed by atoms with Crippen molar-refractivity contribution >= 4 is 22.6 Å². The van der Waals surface area contributed by atoms with E-state index in [1.165, 1.54) is 0 Å². The molecule has 1 amide bonds. The van der Waals surface area contributed by atoms with Gasteiger partial charge in [-0.2, -0.15) is 5.53 Å². The summed E-state index contributed by atoms with van der Waals surface area (Å²) in [5.74, 6) is 0.730. The number of rotatable bonds is 3. The minimum absolute atomic E-state index is 0.0843. The normalized spacial score (nSPS) is 17.5. The minimum atomic E-state index is -0.287. The zero-order valence-electron chi connectivity index (χ0n) is 12.3. The van der Waals surface area contributed by atoms with E-state index in [-0.39, 0.29) is 11.9 Å². The molecule has 0 saturated carbocycles. The minimum Gasteiger partial charge on any atom is -0.338 e. The number of hydrazine groups is 2. The summed E-state index contributed by atoms with van der Waals surface area (Å²) >= 11 is 0. The van der Waals surface area contributed by atoms with E-state index in [9.17, 15) is 4.79 Å². The van der Waals surface area contributed by atoms with Crippen LogP contribution in [0.15, 0.2) is 48.5 Å². The van der Waals surface area contributed by atoms with E-state index in [1.807, 2.05) is 48.5 Å². The lowest BCUT2D eigenvalue weighted by molar-refractivity contribution is -0.117. The number of nitrogens with one attached hydrogen (secondary N) is 5. The second kappa shape index (κ2) is 5.81. The molecule has 3 aromatic rings. The second-order valence-corrected chi connectivity index (χ2v) is 5.37. The Morgan fingerprint density at radius 3 is 2.70 bits per heavy atom. The molecule has 0 radical (unpaired) electrons. The van der Waals surface area contributed by atoms with E-state index in [0.29, 0.717) is 6.54 Å². The summed E-state index contributed by atoms with van der Waals surface area (Å²) in [5, 5.41) is 2.88. The van der Waals surface area contributed by atoms with Crippen molar-refractivity contribution in [3.63, 3.8) is 0 Å². The number of fused-ring (bicyclic) bond motifs is 1. The molecule has 0 bridgehead atoms. The van der Waals surface area contributed by atoms with Gasteiger partial charge in [0.25, 0.3) is 0 Å². The first kappa shape index (κ1) is 13.9. The van der Waals surface area contributed by atoms with Crippen molar-refractivity contribution < 1.29 is 4.79 Å². The molecule has 0 aliphatic carbocycles.